The quantitative estimate of drug-likeness (QED) is 0.850. The first-order chi connectivity index (χ1) is 8.78. The van der Waals surface area contributed by atoms with E-state index in [0.29, 0.717) is 0 Å². The number of hydrogen-bond acceptors (Lipinski definition) is 3. The largest absolute Gasteiger partial charge is 0.497 e. The van der Waals surface area contributed by atoms with Gasteiger partial charge in [-0.15, -0.1) is 0 Å². The Bertz CT molecular complexity index is 525. The number of aliphatic hydroxyl groups excluding tert-OH is 1. The van der Waals surface area contributed by atoms with Gasteiger partial charge in [-0.25, -0.2) is 0 Å². The molecule has 18 heavy (non-hydrogen) atoms. The van der Waals surface area contributed by atoms with Crippen molar-refractivity contribution in [1.82, 2.24) is 5.32 Å². The third-order valence-corrected chi connectivity index (χ3v) is 3.24. The van der Waals surface area contributed by atoms with Crippen LogP contribution in [0.1, 0.15) is 18.0 Å². The summed E-state index contributed by atoms with van der Waals surface area (Å²) in [5, 5.41) is 14.6. The second-order valence-corrected chi connectivity index (χ2v) is 4.33. The number of aliphatic hydroxyl groups is 1. The molecule has 0 aliphatic rings. The van der Waals surface area contributed by atoms with E-state index in [9.17, 15) is 0 Å². The molecule has 0 saturated heterocycles. The molecule has 0 bridgehead atoms. The minimum Gasteiger partial charge on any atom is -0.497 e. The predicted molar refractivity (Wildman–Crippen MR) is 74.0 cm³/mol. The summed E-state index contributed by atoms with van der Waals surface area (Å²) in [4.78, 5) is 0. The zero-order valence-electron chi connectivity index (χ0n) is 10.8. The number of benzene rings is 2. The molecule has 2 aromatic carbocycles. The minimum absolute atomic E-state index is 0.187. The molecule has 0 saturated carbocycles. The molecule has 1 unspecified atom stereocenters. The molecule has 3 heteroatoms. The van der Waals surface area contributed by atoms with Crippen LogP contribution in [0.15, 0.2) is 36.4 Å². The lowest BCUT2D eigenvalue weighted by Crippen LogP contribution is -2.17. The van der Waals surface area contributed by atoms with Crippen molar-refractivity contribution in [2.75, 3.05) is 20.8 Å². The van der Waals surface area contributed by atoms with E-state index in [1.807, 2.05) is 19.2 Å². The Hall–Kier alpha value is -1.58. The molecular formula is C15H19NO2. The first kappa shape index (κ1) is 12.9. The monoisotopic (exact) mass is 245 g/mol. The molecule has 96 valence electrons. The third kappa shape index (κ3) is 2.63. The van der Waals surface area contributed by atoms with Gasteiger partial charge in [-0.2, -0.15) is 0 Å². The highest BCUT2D eigenvalue weighted by molar-refractivity contribution is 5.84. The standard InChI is InChI=1S/C15H19NO2/c1-16-15(7-8-17)13-4-3-12-10-14(18-2)6-5-11(12)9-13/h3-6,9-10,15-17H,7-8H2,1-2H3. The molecule has 0 radical (unpaired) electrons. The highest BCUT2D eigenvalue weighted by Crippen LogP contribution is 2.25. The Morgan fingerprint density at radius 3 is 2.56 bits per heavy atom. The van der Waals surface area contributed by atoms with E-state index < -0.39 is 0 Å². The molecule has 0 amide bonds. The fourth-order valence-corrected chi connectivity index (χ4v) is 2.19. The summed E-state index contributed by atoms with van der Waals surface area (Å²) in [7, 11) is 3.59. The number of hydrogen-bond donors (Lipinski definition) is 2. The van der Waals surface area contributed by atoms with Gasteiger partial charge in [0.15, 0.2) is 0 Å². The SMILES string of the molecule is CNC(CCO)c1ccc2cc(OC)ccc2c1. The Kier molecular flexibility index (Phi) is 4.18. The van der Waals surface area contributed by atoms with Crippen molar-refractivity contribution in [3.63, 3.8) is 0 Å². The molecule has 0 aliphatic carbocycles. The van der Waals surface area contributed by atoms with Crippen LogP contribution in [0.3, 0.4) is 0 Å². The normalized spacial score (nSPS) is 12.6. The molecule has 0 spiro atoms. The van der Waals surface area contributed by atoms with Gasteiger partial charge in [-0.3, -0.25) is 0 Å². The van der Waals surface area contributed by atoms with Crippen LogP contribution in [0.2, 0.25) is 0 Å². The number of ether oxygens (including phenoxy) is 1. The van der Waals surface area contributed by atoms with E-state index in [1.54, 1.807) is 7.11 Å². The van der Waals surface area contributed by atoms with Gasteiger partial charge in [0.2, 0.25) is 0 Å². The van der Waals surface area contributed by atoms with Crippen molar-refractivity contribution in [3.05, 3.63) is 42.0 Å². The summed E-state index contributed by atoms with van der Waals surface area (Å²) < 4.78 is 5.21. The van der Waals surface area contributed by atoms with Crippen molar-refractivity contribution in [2.45, 2.75) is 12.5 Å². The topological polar surface area (TPSA) is 41.5 Å². The number of rotatable bonds is 5. The average molecular weight is 245 g/mol. The van der Waals surface area contributed by atoms with Crippen LogP contribution in [-0.4, -0.2) is 25.9 Å². The molecular weight excluding hydrogens is 226 g/mol. The van der Waals surface area contributed by atoms with Crippen LogP contribution in [0.5, 0.6) is 5.75 Å². The van der Waals surface area contributed by atoms with E-state index in [4.69, 9.17) is 9.84 Å². The van der Waals surface area contributed by atoms with Crippen LogP contribution in [0.25, 0.3) is 10.8 Å². The molecule has 1 atom stereocenters. The summed E-state index contributed by atoms with van der Waals surface area (Å²) in [6.07, 6.45) is 0.720. The van der Waals surface area contributed by atoms with Crippen LogP contribution >= 0.6 is 0 Å². The Morgan fingerprint density at radius 1 is 1.17 bits per heavy atom. The van der Waals surface area contributed by atoms with E-state index in [1.165, 1.54) is 10.9 Å². The van der Waals surface area contributed by atoms with E-state index in [2.05, 4.69) is 29.6 Å². The van der Waals surface area contributed by atoms with Crippen molar-refractivity contribution >= 4 is 10.8 Å². The maximum atomic E-state index is 9.05. The van der Waals surface area contributed by atoms with Crippen LogP contribution < -0.4 is 10.1 Å². The molecule has 3 nitrogen and oxygen atoms in total. The van der Waals surface area contributed by atoms with Crippen molar-refractivity contribution in [1.29, 1.82) is 0 Å². The van der Waals surface area contributed by atoms with Gasteiger partial charge in [0.05, 0.1) is 7.11 Å². The summed E-state index contributed by atoms with van der Waals surface area (Å²) in [6.45, 7) is 0.187. The smallest absolute Gasteiger partial charge is 0.119 e. The first-order valence-electron chi connectivity index (χ1n) is 6.14. The maximum absolute atomic E-state index is 9.05. The molecule has 0 fully saturated rings. The van der Waals surface area contributed by atoms with E-state index >= 15 is 0 Å². The number of fused-ring (bicyclic) bond motifs is 1. The fraction of sp³-hybridized carbons (Fsp3) is 0.333. The van der Waals surface area contributed by atoms with Crippen molar-refractivity contribution in [3.8, 4) is 5.75 Å². The van der Waals surface area contributed by atoms with E-state index in [0.717, 1.165) is 17.6 Å². The Balaban J connectivity index is 2.37. The molecule has 2 aromatic rings. The summed E-state index contributed by atoms with van der Waals surface area (Å²) in [5.41, 5.74) is 1.20. The van der Waals surface area contributed by atoms with Crippen molar-refractivity contribution in [2.24, 2.45) is 0 Å². The second kappa shape index (κ2) is 5.85. The molecule has 0 heterocycles. The van der Waals surface area contributed by atoms with Gasteiger partial charge in [0, 0.05) is 12.6 Å². The summed E-state index contributed by atoms with van der Waals surface area (Å²) >= 11 is 0. The van der Waals surface area contributed by atoms with Gasteiger partial charge in [-0.05, 0) is 48.0 Å². The van der Waals surface area contributed by atoms with Crippen LogP contribution in [-0.2, 0) is 0 Å². The Morgan fingerprint density at radius 2 is 1.89 bits per heavy atom. The first-order valence-corrected chi connectivity index (χ1v) is 6.14. The summed E-state index contributed by atoms with van der Waals surface area (Å²) in [6, 6.07) is 12.6. The number of nitrogens with one attached hydrogen (secondary N) is 1. The molecule has 0 aromatic heterocycles. The molecule has 2 rings (SSSR count). The van der Waals surface area contributed by atoms with Crippen molar-refractivity contribution < 1.29 is 9.84 Å². The lowest BCUT2D eigenvalue weighted by Gasteiger charge is -2.16. The highest BCUT2D eigenvalue weighted by Gasteiger charge is 2.09. The predicted octanol–water partition coefficient (Wildman–Crippen LogP) is 2.49. The second-order valence-electron chi connectivity index (χ2n) is 4.33. The average Bonchev–Trinajstić information content (AvgIpc) is 2.43. The number of methoxy groups -OCH3 is 1. The van der Waals surface area contributed by atoms with Gasteiger partial charge in [0.25, 0.3) is 0 Å². The Labute approximate surface area is 107 Å². The van der Waals surface area contributed by atoms with E-state index in [-0.39, 0.29) is 12.6 Å². The third-order valence-electron chi connectivity index (χ3n) is 3.24. The van der Waals surface area contributed by atoms with Gasteiger partial charge < -0.3 is 15.2 Å². The lowest BCUT2D eigenvalue weighted by atomic mass is 10.00. The molecule has 0 aliphatic heterocycles. The zero-order chi connectivity index (χ0) is 13.0. The van der Waals surface area contributed by atoms with Gasteiger partial charge in [0.1, 0.15) is 5.75 Å². The van der Waals surface area contributed by atoms with Crippen LogP contribution in [0, 0.1) is 0 Å². The highest BCUT2D eigenvalue weighted by atomic mass is 16.5. The molecule has 2 N–H and O–H groups in total. The van der Waals surface area contributed by atoms with Gasteiger partial charge >= 0.3 is 0 Å². The fourth-order valence-electron chi connectivity index (χ4n) is 2.19. The lowest BCUT2D eigenvalue weighted by molar-refractivity contribution is 0.269. The zero-order valence-corrected chi connectivity index (χ0v) is 10.8. The van der Waals surface area contributed by atoms with Crippen LogP contribution in [0.4, 0.5) is 0 Å². The van der Waals surface area contributed by atoms with Gasteiger partial charge in [-0.1, -0.05) is 18.2 Å². The minimum atomic E-state index is 0.187. The maximum Gasteiger partial charge on any atom is 0.119 e. The summed E-state index contributed by atoms with van der Waals surface area (Å²) in [5.74, 6) is 0.871.